The van der Waals surface area contributed by atoms with Crippen LogP contribution in [0.4, 0.5) is 5.69 Å². The van der Waals surface area contributed by atoms with Gasteiger partial charge < -0.3 is 9.64 Å². The van der Waals surface area contributed by atoms with Gasteiger partial charge in [-0.25, -0.2) is 0 Å². The molecule has 2 atom stereocenters. The summed E-state index contributed by atoms with van der Waals surface area (Å²) in [6, 6.07) is 18.0. The van der Waals surface area contributed by atoms with Crippen LogP contribution in [0.15, 0.2) is 54.6 Å². The topological polar surface area (TPSA) is 29.5 Å². The van der Waals surface area contributed by atoms with Crippen molar-refractivity contribution in [3.05, 3.63) is 60.2 Å². The van der Waals surface area contributed by atoms with Gasteiger partial charge in [0.25, 0.3) is 0 Å². The van der Waals surface area contributed by atoms with Gasteiger partial charge in [0.2, 0.25) is 5.91 Å². The summed E-state index contributed by atoms with van der Waals surface area (Å²) >= 11 is 0. The summed E-state index contributed by atoms with van der Waals surface area (Å²) in [5.41, 5.74) is 2.12. The Balaban J connectivity index is 1.97. The Kier molecular flexibility index (Phi) is 3.65. The Labute approximate surface area is 125 Å². The standard InChI is InChI=1S/C18H19NO2/c1-13-12-17(14-6-4-3-5-7-14)19(18(13)20)15-8-10-16(21-2)11-9-15/h3-11,13,17H,12H2,1-2H3/t13-,17-/m1/s1. The van der Waals surface area contributed by atoms with E-state index in [9.17, 15) is 4.79 Å². The molecular formula is C18H19NO2. The number of methoxy groups -OCH3 is 1. The van der Waals surface area contributed by atoms with Gasteiger partial charge in [-0.3, -0.25) is 4.79 Å². The second kappa shape index (κ2) is 5.60. The van der Waals surface area contributed by atoms with Crippen LogP contribution in [0.5, 0.6) is 5.75 Å². The summed E-state index contributed by atoms with van der Waals surface area (Å²) in [7, 11) is 1.64. The molecule has 0 unspecified atom stereocenters. The predicted octanol–water partition coefficient (Wildman–Crippen LogP) is 3.81. The van der Waals surface area contributed by atoms with Crippen LogP contribution in [0, 0.1) is 5.92 Å². The van der Waals surface area contributed by atoms with Crippen molar-refractivity contribution in [2.45, 2.75) is 19.4 Å². The molecule has 0 N–H and O–H groups in total. The molecule has 3 rings (SSSR count). The normalized spacial score (nSPS) is 21.6. The van der Waals surface area contributed by atoms with Crippen molar-refractivity contribution in [2.24, 2.45) is 5.92 Å². The number of benzene rings is 2. The Morgan fingerprint density at radius 3 is 2.33 bits per heavy atom. The number of nitrogens with zero attached hydrogens (tertiary/aromatic N) is 1. The van der Waals surface area contributed by atoms with E-state index in [4.69, 9.17) is 4.74 Å². The molecule has 0 bridgehead atoms. The second-order valence-corrected chi connectivity index (χ2v) is 5.47. The van der Waals surface area contributed by atoms with Crippen molar-refractivity contribution < 1.29 is 9.53 Å². The summed E-state index contributed by atoms with van der Waals surface area (Å²) in [4.78, 5) is 14.5. The number of carbonyl (C=O) groups excluding carboxylic acids is 1. The minimum atomic E-state index is 0.0531. The third-order valence-electron chi connectivity index (χ3n) is 4.08. The first-order valence-corrected chi connectivity index (χ1v) is 7.23. The van der Waals surface area contributed by atoms with E-state index in [1.807, 2.05) is 54.3 Å². The molecule has 1 saturated heterocycles. The van der Waals surface area contributed by atoms with E-state index in [0.29, 0.717) is 0 Å². The number of hydrogen-bond acceptors (Lipinski definition) is 2. The van der Waals surface area contributed by atoms with Gasteiger partial charge in [-0.15, -0.1) is 0 Å². The van der Waals surface area contributed by atoms with E-state index in [0.717, 1.165) is 17.9 Å². The van der Waals surface area contributed by atoms with Crippen molar-refractivity contribution >= 4 is 11.6 Å². The number of rotatable bonds is 3. The monoisotopic (exact) mass is 281 g/mol. The van der Waals surface area contributed by atoms with Crippen LogP contribution in [0.2, 0.25) is 0 Å². The summed E-state index contributed by atoms with van der Waals surface area (Å²) in [6.45, 7) is 2.00. The first kappa shape index (κ1) is 13.7. The summed E-state index contributed by atoms with van der Waals surface area (Å²) in [5, 5.41) is 0. The molecule has 2 aromatic rings. The van der Waals surface area contributed by atoms with E-state index < -0.39 is 0 Å². The molecule has 1 amide bonds. The maximum absolute atomic E-state index is 12.5. The molecule has 21 heavy (non-hydrogen) atoms. The lowest BCUT2D eigenvalue weighted by atomic mass is 10.0. The van der Waals surface area contributed by atoms with Crippen molar-refractivity contribution in [3.63, 3.8) is 0 Å². The maximum Gasteiger partial charge on any atom is 0.230 e. The smallest absolute Gasteiger partial charge is 0.230 e. The third-order valence-corrected chi connectivity index (χ3v) is 4.08. The van der Waals surface area contributed by atoms with Crippen molar-refractivity contribution in [1.82, 2.24) is 0 Å². The number of carbonyl (C=O) groups is 1. The van der Waals surface area contributed by atoms with Gasteiger partial charge in [0, 0.05) is 11.6 Å². The van der Waals surface area contributed by atoms with Crippen LogP contribution in [0.3, 0.4) is 0 Å². The molecule has 1 heterocycles. The average molecular weight is 281 g/mol. The molecule has 1 aliphatic rings. The van der Waals surface area contributed by atoms with E-state index in [1.54, 1.807) is 7.11 Å². The Morgan fingerprint density at radius 1 is 1.05 bits per heavy atom. The van der Waals surface area contributed by atoms with Crippen LogP contribution in [-0.4, -0.2) is 13.0 Å². The van der Waals surface area contributed by atoms with E-state index in [-0.39, 0.29) is 17.9 Å². The average Bonchev–Trinajstić information content (AvgIpc) is 2.84. The maximum atomic E-state index is 12.5. The molecule has 3 nitrogen and oxygen atoms in total. The van der Waals surface area contributed by atoms with Gasteiger partial charge in [0.05, 0.1) is 13.2 Å². The Hall–Kier alpha value is -2.29. The number of amides is 1. The molecule has 2 aromatic carbocycles. The molecule has 108 valence electrons. The second-order valence-electron chi connectivity index (χ2n) is 5.47. The Morgan fingerprint density at radius 2 is 1.71 bits per heavy atom. The summed E-state index contributed by atoms with van der Waals surface area (Å²) in [6.07, 6.45) is 0.856. The zero-order valence-electron chi connectivity index (χ0n) is 12.3. The lowest BCUT2D eigenvalue weighted by molar-refractivity contribution is -0.120. The molecule has 0 spiro atoms. The van der Waals surface area contributed by atoms with Crippen LogP contribution >= 0.6 is 0 Å². The summed E-state index contributed by atoms with van der Waals surface area (Å²) < 4.78 is 5.19. The van der Waals surface area contributed by atoms with Crippen LogP contribution in [-0.2, 0) is 4.79 Å². The molecule has 0 aromatic heterocycles. The largest absolute Gasteiger partial charge is 0.497 e. The van der Waals surface area contributed by atoms with E-state index in [2.05, 4.69) is 12.1 Å². The molecular weight excluding hydrogens is 262 g/mol. The number of anilines is 1. The fourth-order valence-corrected chi connectivity index (χ4v) is 2.94. The van der Waals surface area contributed by atoms with Gasteiger partial charge in [-0.05, 0) is 36.2 Å². The quantitative estimate of drug-likeness (QED) is 0.856. The van der Waals surface area contributed by atoms with Crippen LogP contribution in [0.1, 0.15) is 24.9 Å². The van der Waals surface area contributed by atoms with Crippen molar-refractivity contribution in [3.8, 4) is 5.75 Å². The Bertz CT molecular complexity index is 621. The van der Waals surface area contributed by atoms with Crippen LogP contribution < -0.4 is 9.64 Å². The van der Waals surface area contributed by atoms with Gasteiger partial charge in [-0.2, -0.15) is 0 Å². The fraction of sp³-hybridized carbons (Fsp3) is 0.278. The minimum Gasteiger partial charge on any atom is -0.497 e. The molecule has 0 aliphatic carbocycles. The number of ether oxygens (including phenoxy) is 1. The highest BCUT2D eigenvalue weighted by Crippen LogP contribution is 2.39. The number of hydrogen-bond donors (Lipinski definition) is 0. The first-order chi connectivity index (χ1) is 10.2. The van der Waals surface area contributed by atoms with Gasteiger partial charge in [-0.1, -0.05) is 37.3 Å². The molecule has 1 aliphatic heterocycles. The lowest BCUT2D eigenvalue weighted by Gasteiger charge is -2.25. The molecule has 0 saturated carbocycles. The molecule has 1 fully saturated rings. The first-order valence-electron chi connectivity index (χ1n) is 7.23. The lowest BCUT2D eigenvalue weighted by Crippen LogP contribution is -2.28. The highest BCUT2D eigenvalue weighted by atomic mass is 16.5. The summed E-state index contributed by atoms with van der Waals surface area (Å²) in [5.74, 6) is 1.04. The van der Waals surface area contributed by atoms with E-state index >= 15 is 0 Å². The highest BCUT2D eigenvalue weighted by molar-refractivity contribution is 5.98. The van der Waals surface area contributed by atoms with E-state index in [1.165, 1.54) is 5.56 Å². The zero-order valence-corrected chi connectivity index (χ0v) is 12.3. The zero-order chi connectivity index (χ0) is 14.8. The minimum absolute atomic E-state index is 0.0531. The predicted molar refractivity (Wildman–Crippen MR) is 83.4 cm³/mol. The van der Waals surface area contributed by atoms with Gasteiger partial charge in [0.1, 0.15) is 5.75 Å². The molecule has 3 heteroatoms. The molecule has 0 radical (unpaired) electrons. The van der Waals surface area contributed by atoms with Gasteiger partial charge in [0.15, 0.2) is 0 Å². The fourth-order valence-electron chi connectivity index (χ4n) is 2.94. The third kappa shape index (κ3) is 2.51. The van der Waals surface area contributed by atoms with Crippen molar-refractivity contribution in [1.29, 1.82) is 0 Å². The van der Waals surface area contributed by atoms with Crippen LogP contribution in [0.25, 0.3) is 0 Å². The van der Waals surface area contributed by atoms with Crippen molar-refractivity contribution in [2.75, 3.05) is 12.0 Å². The van der Waals surface area contributed by atoms with Gasteiger partial charge >= 0.3 is 0 Å². The highest BCUT2D eigenvalue weighted by Gasteiger charge is 2.38. The SMILES string of the molecule is COc1ccc(N2C(=O)[C@H](C)C[C@@H]2c2ccccc2)cc1.